The van der Waals surface area contributed by atoms with Crippen LogP contribution < -0.4 is 0 Å². The van der Waals surface area contributed by atoms with Crippen LogP contribution in [0.15, 0.2) is 11.3 Å². The molecule has 10 unspecified atom stereocenters. The molecule has 0 radical (unpaired) electrons. The Kier molecular flexibility index (Phi) is 16.3. The van der Waals surface area contributed by atoms with E-state index in [1.165, 1.54) is 122 Å². The molecular formula is C70H114O7. The van der Waals surface area contributed by atoms with E-state index < -0.39 is 5.97 Å². The molecule has 12 aliphatic carbocycles. The van der Waals surface area contributed by atoms with Crippen molar-refractivity contribution in [3.8, 4) is 0 Å². The van der Waals surface area contributed by atoms with Crippen molar-refractivity contribution in [1.82, 2.24) is 0 Å². The van der Waals surface area contributed by atoms with Crippen LogP contribution in [0.4, 0.5) is 0 Å². The number of Topliss-reactive ketones (excluding diaryl/α,β-unsaturated/α-hetero) is 1. The van der Waals surface area contributed by atoms with Crippen LogP contribution in [0.3, 0.4) is 0 Å². The number of aliphatic hydroxyl groups excluding tert-OH is 2. The lowest BCUT2D eigenvalue weighted by Crippen LogP contribution is -2.58. The van der Waals surface area contributed by atoms with Crippen LogP contribution in [-0.4, -0.2) is 45.2 Å². The largest absolute Gasteiger partial charge is 0.481 e. The molecule has 0 saturated heterocycles. The summed E-state index contributed by atoms with van der Waals surface area (Å²) in [6.45, 7) is 30.5. The first kappa shape index (κ1) is 58.5. The molecule has 0 aromatic rings. The summed E-state index contributed by atoms with van der Waals surface area (Å²) in [5, 5.41) is 30.8. The highest BCUT2D eigenvalue weighted by Crippen LogP contribution is 2.72. The Bertz CT molecular complexity index is 2220. The molecule has 77 heavy (non-hydrogen) atoms. The Morgan fingerprint density at radius 3 is 1.58 bits per heavy atom. The molecule has 0 aromatic heterocycles. The zero-order chi connectivity index (χ0) is 55.5. The monoisotopic (exact) mass is 1070 g/mol. The minimum absolute atomic E-state index is 0.0202. The summed E-state index contributed by atoms with van der Waals surface area (Å²) in [5.74, 6) is 14.0. The minimum Gasteiger partial charge on any atom is -0.481 e. The van der Waals surface area contributed by atoms with Crippen molar-refractivity contribution in [3.05, 3.63) is 11.3 Å². The molecule has 7 nitrogen and oxygen atoms in total. The third-order valence-corrected chi connectivity index (χ3v) is 29.5. The number of aliphatic hydroxyl groups is 2. The smallest absolute Gasteiger partial charge is 0.307 e. The van der Waals surface area contributed by atoms with Gasteiger partial charge in [0.1, 0.15) is 11.5 Å². The molecule has 0 aliphatic heterocycles. The lowest BCUT2D eigenvalue weighted by atomic mass is 9.43. The molecule has 0 bridgehead atoms. The standard InChI is InChI=1S/C25H40O2.C24H40O4.C21H34O/c1-15-11-12-24(5)19(13-15)7-8-20-22-10-9-21(17(3)27-18(4)26)25(22,6)16(2)14-23(20)24;1-14(4-9-22(27)28)18-7-8-19-17-6-5-15-12-16(25)10-11-23(15,2)20(17)13-21(26)24(18,19)3;1-13-9-10-20(3)15(11-13)5-6-16-17-7-8-19(22)21(17,4)14(2)12-18(16)20/h15-16,19-20,22-23H,7-14H2,1-6H3;14-21,25-26H,4-13H2,1-3H3,(H,27,28);13-18H,5-12H2,1-4H3/b21-17+;;/t15-,16+,19-,20?,22?,23?,24+,25-;14-,15-,16-,17?,18?,19?,20?,21+,23+,24-;13-,14+,15-,16?,17?,18?,20+,21+/m111/s1. The van der Waals surface area contributed by atoms with E-state index in [4.69, 9.17) is 9.84 Å². The highest BCUT2D eigenvalue weighted by atomic mass is 16.5. The van der Waals surface area contributed by atoms with Crippen LogP contribution in [0.5, 0.6) is 0 Å². The van der Waals surface area contributed by atoms with Gasteiger partial charge in [-0.1, -0.05) is 89.0 Å². The number of carboxylic acid groups (broad SMARTS) is 1. The van der Waals surface area contributed by atoms with E-state index in [1.54, 1.807) is 0 Å². The number of rotatable bonds is 5. The van der Waals surface area contributed by atoms with Gasteiger partial charge in [-0.05, 0) is 287 Å². The number of carboxylic acids is 1. The zero-order valence-electron chi connectivity index (χ0n) is 51.4. The molecule has 0 aromatic carbocycles. The fraction of sp³-hybridized carbons (Fsp3) is 0.929. The number of ether oxygens (including phenoxy) is 1. The second kappa shape index (κ2) is 21.5. The molecule has 12 fully saturated rings. The average molecular weight is 1070 g/mol. The zero-order valence-corrected chi connectivity index (χ0v) is 51.4. The molecular weight excluding hydrogens is 953 g/mol. The predicted molar refractivity (Wildman–Crippen MR) is 309 cm³/mol. The number of carbonyl (C=O) groups is 3. The predicted octanol–water partition coefficient (Wildman–Crippen LogP) is 16.7. The number of allylic oxidation sites excluding steroid dienone is 2. The SMILES string of the molecule is CC(=O)O/C(C)=C1\CCC2C3CC[C@@H]4C[C@H](C)CC[C@]4(C)C3C[C@H](C)[C@]12C.C[C@@H]1CC[C@]2(C)C3C[C@H](C)[C@]4(C)C(=O)CCC4C3CC[C@@H]2C1.C[C@H](CCC(=O)O)C1CCC2C3CC[C@@H]4C[C@H](O)CC[C@]4(C)C3C[C@H](O)[C@@]21C. The van der Waals surface area contributed by atoms with Crippen LogP contribution in [0.2, 0.25) is 0 Å². The first-order chi connectivity index (χ1) is 36.2. The Morgan fingerprint density at radius 1 is 0.558 bits per heavy atom. The Morgan fingerprint density at radius 2 is 1.04 bits per heavy atom. The van der Waals surface area contributed by atoms with E-state index in [1.807, 2.05) is 6.92 Å². The van der Waals surface area contributed by atoms with E-state index in [0.717, 1.165) is 110 Å². The molecule has 12 rings (SSSR count). The molecule has 12 saturated carbocycles. The van der Waals surface area contributed by atoms with E-state index in [9.17, 15) is 24.6 Å². The van der Waals surface area contributed by atoms with Crippen LogP contribution in [0.25, 0.3) is 0 Å². The minimum atomic E-state index is -0.707. The van der Waals surface area contributed by atoms with Gasteiger partial charge in [0.2, 0.25) is 0 Å². The second-order valence-electron chi connectivity index (χ2n) is 32.3. The summed E-state index contributed by atoms with van der Waals surface area (Å²) in [4.78, 5) is 35.2. The molecule has 3 N–H and O–H groups in total. The lowest BCUT2D eigenvalue weighted by Gasteiger charge is -2.62. The Balaban J connectivity index is 0.000000132. The summed E-state index contributed by atoms with van der Waals surface area (Å²) in [5.41, 5.74) is 3.07. The maximum atomic E-state index is 12.6. The maximum Gasteiger partial charge on any atom is 0.307 e. The third-order valence-electron chi connectivity index (χ3n) is 29.5. The number of aliphatic carboxylic acids is 1. The van der Waals surface area contributed by atoms with Gasteiger partial charge in [-0.2, -0.15) is 0 Å². The van der Waals surface area contributed by atoms with Crippen molar-refractivity contribution < 1.29 is 34.4 Å². The molecule has 0 amide bonds. The van der Waals surface area contributed by atoms with Gasteiger partial charge >= 0.3 is 11.9 Å². The van der Waals surface area contributed by atoms with E-state index in [2.05, 4.69) is 76.2 Å². The topological polar surface area (TPSA) is 121 Å². The number of esters is 1. The van der Waals surface area contributed by atoms with Crippen molar-refractivity contribution in [2.45, 2.75) is 269 Å². The van der Waals surface area contributed by atoms with E-state index >= 15 is 0 Å². The van der Waals surface area contributed by atoms with Gasteiger partial charge in [0.25, 0.3) is 0 Å². The summed E-state index contributed by atoms with van der Waals surface area (Å²) in [7, 11) is 0. The fourth-order valence-electron chi connectivity index (χ4n) is 24.7. The van der Waals surface area contributed by atoms with Gasteiger partial charge in [0.15, 0.2) is 0 Å². The lowest BCUT2D eigenvalue weighted by molar-refractivity contribution is -0.175. The normalized spacial score (nSPS) is 53.2. The van der Waals surface area contributed by atoms with Crippen molar-refractivity contribution in [3.63, 3.8) is 0 Å². The van der Waals surface area contributed by atoms with Crippen LogP contribution in [0.1, 0.15) is 257 Å². The van der Waals surface area contributed by atoms with Crippen molar-refractivity contribution >= 4 is 17.7 Å². The Labute approximate surface area is 469 Å². The quantitative estimate of drug-likeness (QED) is 0.185. The molecule has 436 valence electrons. The van der Waals surface area contributed by atoms with Gasteiger partial charge in [-0.3, -0.25) is 14.4 Å². The Hall–Kier alpha value is -1.73. The van der Waals surface area contributed by atoms with Crippen LogP contribution in [-0.2, 0) is 19.1 Å². The van der Waals surface area contributed by atoms with Gasteiger partial charge in [0.05, 0.1) is 12.2 Å². The van der Waals surface area contributed by atoms with Gasteiger partial charge in [-0.25, -0.2) is 0 Å². The van der Waals surface area contributed by atoms with Crippen LogP contribution >= 0.6 is 0 Å². The van der Waals surface area contributed by atoms with Crippen molar-refractivity contribution in [1.29, 1.82) is 0 Å². The molecule has 26 atom stereocenters. The third kappa shape index (κ3) is 9.58. The first-order valence-electron chi connectivity index (χ1n) is 33.2. The fourth-order valence-corrected chi connectivity index (χ4v) is 24.7. The average Bonchev–Trinajstić information content (AvgIpc) is 4.29. The highest BCUT2D eigenvalue weighted by molar-refractivity contribution is 5.87. The molecule has 7 heteroatoms. The van der Waals surface area contributed by atoms with Crippen molar-refractivity contribution in [2.75, 3.05) is 0 Å². The van der Waals surface area contributed by atoms with E-state index in [0.29, 0.717) is 69.9 Å². The number of fused-ring (bicyclic) bond motifs is 15. The summed E-state index contributed by atoms with van der Waals surface area (Å²) >= 11 is 0. The molecule has 12 aliphatic rings. The summed E-state index contributed by atoms with van der Waals surface area (Å²) in [6, 6.07) is 0. The summed E-state index contributed by atoms with van der Waals surface area (Å²) in [6.07, 6.45) is 30.9. The number of hydrogen-bond acceptors (Lipinski definition) is 6. The maximum absolute atomic E-state index is 12.6. The molecule has 0 spiro atoms. The first-order valence-corrected chi connectivity index (χ1v) is 33.2. The number of carbonyl (C=O) groups excluding carboxylic acids is 2. The van der Waals surface area contributed by atoms with Crippen molar-refractivity contribution in [2.24, 2.45) is 139 Å². The van der Waals surface area contributed by atoms with Gasteiger partial charge < -0.3 is 20.1 Å². The second-order valence-corrected chi connectivity index (χ2v) is 32.3. The molecule has 0 heterocycles. The number of ketones is 1. The number of hydrogen-bond donors (Lipinski definition) is 3. The summed E-state index contributed by atoms with van der Waals surface area (Å²) < 4.78 is 5.59. The van der Waals surface area contributed by atoms with Crippen LogP contribution in [0, 0.1) is 139 Å². The van der Waals surface area contributed by atoms with Gasteiger partial charge in [0, 0.05) is 25.2 Å². The van der Waals surface area contributed by atoms with Gasteiger partial charge in [-0.15, -0.1) is 0 Å². The highest BCUT2D eigenvalue weighted by Gasteiger charge is 2.66. The van der Waals surface area contributed by atoms with E-state index in [-0.39, 0.29) is 46.3 Å².